The van der Waals surface area contributed by atoms with Gasteiger partial charge in [-0.25, -0.2) is 5.43 Å². The van der Waals surface area contributed by atoms with Crippen LogP contribution in [0, 0.1) is 13.8 Å². The number of hydrogen-bond donors (Lipinski definition) is 2. The molecule has 2 aromatic rings. The van der Waals surface area contributed by atoms with Gasteiger partial charge in [-0.1, -0.05) is 35.9 Å². The molecular weight excluding hydrogens is 264 g/mol. The summed E-state index contributed by atoms with van der Waals surface area (Å²) in [5, 5.41) is 0. The Morgan fingerprint density at radius 2 is 1.86 bits per heavy atom. The first-order valence-electron chi connectivity index (χ1n) is 7.12. The van der Waals surface area contributed by atoms with Crippen LogP contribution in [0.15, 0.2) is 36.4 Å². The van der Waals surface area contributed by atoms with Gasteiger partial charge in [-0.2, -0.15) is 0 Å². The van der Waals surface area contributed by atoms with E-state index in [1.54, 1.807) is 0 Å². The number of rotatable bonds is 3. The number of benzene rings is 2. The Bertz CT molecular complexity index is 655. The summed E-state index contributed by atoms with van der Waals surface area (Å²) < 4.78 is 11.5. The number of fused-ring (bicyclic) bond motifs is 1. The summed E-state index contributed by atoms with van der Waals surface area (Å²) in [6, 6.07) is 12.2. The molecule has 1 atom stereocenters. The van der Waals surface area contributed by atoms with Gasteiger partial charge < -0.3 is 9.47 Å². The van der Waals surface area contributed by atoms with Crippen molar-refractivity contribution < 1.29 is 9.47 Å². The Kier molecular flexibility index (Phi) is 3.82. The molecule has 1 aliphatic heterocycles. The van der Waals surface area contributed by atoms with E-state index in [1.165, 1.54) is 11.1 Å². The summed E-state index contributed by atoms with van der Waals surface area (Å²) in [6.45, 7) is 5.32. The summed E-state index contributed by atoms with van der Waals surface area (Å²) in [5.74, 6) is 7.41. The second kappa shape index (κ2) is 5.76. The lowest BCUT2D eigenvalue weighted by atomic mass is 9.93. The highest BCUT2D eigenvalue weighted by Crippen LogP contribution is 2.39. The molecule has 0 bridgehead atoms. The van der Waals surface area contributed by atoms with Crippen LogP contribution >= 0.6 is 0 Å². The molecule has 3 N–H and O–H groups in total. The van der Waals surface area contributed by atoms with Gasteiger partial charge in [0.25, 0.3) is 0 Å². The number of aryl methyl sites for hydroxylation is 2. The predicted molar refractivity (Wildman–Crippen MR) is 82.5 cm³/mol. The fourth-order valence-corrected chi connectivity index (χ4v) is 2.74. The quantitative estimate of drug-likeness (QED) is 0.672. The molecule has 1 heterocycles. The van der Waals surface area contributed by atoms with E-state index >= 15 is 0 Å². The Labute approximate surface area is 124 Å². The molecule has 4 heteroatoms. The van der Waals surface area contributed by atoms with Gasteiger partial charge in [-0.3, -0.25) is 5.84 Å². The van der Waals surface area contributed by atoms with Crippen LogP contribution in [0.3, 0.4) is 0 Å². The lowest BCUT2D eigenvalue weighted by Gasteiger charge is -2.26. The average molecular weight is 284 g/mol. The minimum absolute atomic E-state index is 0.124. The summed E-state index contributed by atoms with van der Waals surface area (Å²) in [6.07, 6.45) is 0. The van der Waals surface area contributed by atoms with Gasteiger partial charge in [0.15, 0.2) is 11.5 Å². The van der Waals surface area contributed by atoms with E-state index < -0.39 is 0 Å². The first-order chi connectivity index (χ1) is 10.2. The molecule has 21 heavy (non-hydrogen) atoms. The fourth-order valence-electron chi connectivity index (χ4n) is 2.74. The molecule has 0 spiro atoms. The minimum Gasteiger partial charge on any atom is -0.486 e. The van der Waals surface area contributed by atoms with E-state index in [-0.39, 0.29) is 6.04 Å². The molecule has 0 radical (unpaired) electrons. The van der Waals surface area contributed by atoms with Crippen molar-refractivity contribution in [2.45, 2.75) is 19.9 Å². The zero-order valence-corrected chi connectivity index (χ0v) is 12.3. The molecule has 1 unspecified atom stereocenters. The van der Waals surface area contributed by atoms with Crippen LogP contribution in [0.1, 0.15) is 28.3 Å². The van der Waals surface area contributed by atoms with Crippen LogP contribution in [-0.2, 0) is 0 Å². The van der Waals surface area contributed by atoms with E-state index in [2.05, 4.69) is 37.5 Å². The largest absolute Gasteiger partial charge is 0.486 e. The number of para-hydroxylation sites is 1. The van der Waals surface area contributed by atoms with Gasteiger partial charge in [0.05, 0.1) is 6.04 Å². The van der Waals surface area contributed by atoms with Crippen molar-refractivity contribution >= 4 is 0 Å². The summed E-state index contributed by atoms with van der Waals surface area (Å²) in [4.78, 5) is 0. The molecular formula is C17H20N2O2. The van der Waals surface area contributed by atoms with Crippen molar-refractivity contribution in [3.05, 3.63) is 58.7 Å². The van der Waals surface area contributed by atoms with Gasteiger partial charge in [0, 0.05) is 5.56 Å². The van der Waals surface area contributed by atoms with Crippen LogP contribution in [0.25, 0.3) is 0 Å². The smallest absolute Gasteiger partial charge is 0.166 e. The predicted octanol–water partition coefficient (Wildman–Crippen LogP) is 2.63. The van der Waals surface area contributed by atoms with Crippen LogP contribution in [0.2, 0.25) is 0 Å². The van der Waals surface area contributed by atoms with Gasteiger partial charge in [0.2, 0.25) is 0 Å². The average Bonchev–Trinajstić information content (AvgIpc) is 2.51. The van der Waals surface area contributed by atoms with Crippen LogP contribution in [0.4, 0.5) is 0 Å². The maximum Gasteiger partial charge on any atom is 0.166 e. The van der Waals surface area contributed by atoms with Crippen LogP contribution in [0.5, 0.6) is 11.5 Å². The van der Waals surface area contributed by atoms with E-state index in [0.29, 0.717) is 13.2 Å². The maximum absolute atomic E-state index is 5.84. The van der Waals surface area contributed by atoms with Crippen molar-refractivity contribution in [1.82, 2.24) is 5.43 Å². The second-order valence-corrected chi connectivity index (χ2v) is 5.33. The molecule has 0 saturated heterocycles. The summed E-state index contributed by atoms with van der Waals surface area (Å²) in [5.41, 5.74) is 7.47. The van der Waals surface area contributed by atoms with Gasteiger partial charge in [-0.05, 0) is 31.0 Å². The Hall–Kier alpha value is -2.04. The monoisotopic (exact) mass is 284 g/mol. The first kappa shape index (κ1) is 13.9. The minimum atomic E-state index is -0.124. The molecule has 110 valence electrons. The highest BCUT2D eigenvalue weighted by Gasteiger charge is 2.23. The second-order valence-electron chi connectivity index (χ2n) is 5.33. The number of hydrogen-bond acceptors (Lipinski definition) is 4. The number of ether oxygens (including phenoxy) is 2. The van der Waals surface area contributed by atoms with E-state index in [1.807, 2.05) is 18.2 Å². The molecule has 0 aliphatic carbocycles. The highest BCUT2D eigenvalue weighted by atomic mass is 16.6. The Morgan fingerprint density at radius 1 is 1.05 bits per heavy atom. The number of hydrazine groups is 1. The normalized spacial score (nSPS) is 14.8. The standard InChI is InChI=1S/C17H20N2O2/c1-11-6-7-12(2)14(10-11)16(19-18)13-4-3-5-15-17(13)21-9-8-20-15/h3-7,10,16,19H,8-9,18H2,1-2H3. The highest BCUT2D eigenvalue weighted by molar-refractivity contribution is 5.52. The van der Waals surface area contributed by atoms with Crippen molar-refractivity contribution in [1.29, 1.82) is 0 Å². The molecule has 0 fully saturated rings. The Balaban J connectivity index is 2.10. The molecule has 3 rings (SSSR count). The number of nitrogens with one attached hydrogen (secondary N) is 1. The molecule has 2 aromatic carbocycles. The van der Waals surface area contributed by atoms with E-state index in [4.69, 9.17) is 15.3 Å². The van der Waals surface area contributed by atoms with Crippen LogP contribution < -0.4 is 20.7 Å². The topological polar surface area (TPSA) is 56.5 Å². The van der Waals surface area contributed by atoms with Crippen molar-refractivity contribution in [2.75, 3.05) is 13.2 Å². The Morgan fingerprint density at radius 3 is 2.67 bits per heavy atom. The lowest BCUT2D eigenvalue weighted by Crippen LogP contribution is -2.30. The van der Waals surface area contributed by atoms with Gasteiger partial charge in [-0.15, -0.1) is 0 Å². The van der Waals surface area contributed by atoms with Gasteiger partial charge in [0.1, 0.15) is 13.2 Å². The summed E-state index contributed by atoms with van der Waals surface area (Å²) in [7, 11) is 0. The van der Waals surface area contributed by atoms with Crippen molar-refractivity contribution in [2.24, 2.45) is 5.84 Å². The van der Waals surface area contributed by atoms with E-state index in [0.717, 1.165) is 22.6 Å². The third-order valence-corrected chi connectivity index (χ3v) is 3.82. The van der Waals surface area contributed by atoms with Crippen molar-refractivity contribution in [3.63, 3.8) is 0 Å². The zero-order chi connectivity index (χ0) is 14.8. The molecule has 0 amide bonds. The van der Waals surface area contributed by atoms with Crippen molar-refractivity contribution in [3.8, 4) is 11.5 Å². The van der Waals surface area contributed by atoms with Crippen LogP contribution in [-0.4, -0.2) is 13.2 Å². The number of nitrogens with two attached hydrogens (primary N) is 1. The third kappa shape index (κ3) is 2.60. The maximum atomic E-state index is 5.84. The SMILES string of the molecule is Cc1ccc(C)c(C(NN)c2cccc3c2OCCO3)c1. The molecule has 0 aromatic heterocycles. The molecule has 4 nitrogen and oxygen atoms in total. The first-order valence-corrected chi connectivity index (χ1v) is 7.12. The molecule has 0 saturated carbocycles. The lowest BCUT2D eigenvalue weighted by molar-refractivity contribution is 0.169. The van der Waals surface area contributed by atoms with E-state index in [9.17, 15) is 0 Å². The van der Waals surface area contributed by atoms with Gasteiger partial charge >= 0.3 is 0 Å². The zero-order valence-electron chi connectivity index (χ0n) is 12.3. The molecule has 1 aliphatic rings. The fraction of sp³-hybridized carbons (Fsp3) is 0.294. The summed E-state index contributed by atoms with van der Waals surface area (Å²) >= 11 is 0. The third-order valence-electron chi connectivity index (χ3n) is 3.82.